The molecule has 0 aliphatic rings. The van der Waals surface area contributed by atoms with Crippen LogP contribution in [0.3, 0.4) is 0 Å². The molecule has 0 bridgehead atoms. The second-order valence-corrected chi connectivity index (χ2v) is 3.52. The predicted molar refractivity (Wildman–Crippen MR) is 59.2 cm³/mol. The summed E-state index contributed by atoms with van der Waals surface area (Å²) < 4.78 is 7.11. The molecule has 16 heavy (non-hydrogen) atoms. The third-order valence-electron chi connectivity index (χ3n) is 2.38. The zero-order valence-corrected chi connectivity index (χ0v) is 9.84. The smallest absolute Gasteiger partial charge is 0.309 e. The van der Waals surface area contributed by atoms with Crippen LogP contribution in [0.25, 0.3) is 0 Å². The Morgan fingerprint density at radius 1 is 1.62 bits per heavy atom. The van der Waals surface area contributed by atoms with Crippen LogP contribution in [-0.4, -0.2) is 21.3 Å². The van der Waals surface area contributed by atoms with Crippen molar-refractivity contribution in [1.82, 2.24) is 9.78 Å². The Labute approximate surface area is 94.4 Å². The van der Waals surface area contributed by atoms with Crippen LogP contribution in [0.5, 0.6) is 0 Å². The Kier molecular flexibility index (Phi) is 4.42. The molecule has 0 radical (unpaired) electrons. The molecule has 0 saturated heterocycles. The Balaban J connectivity index is 2.96. The van der Waals surface area contributed by atoms with Crippen LogP contribution in [0.15, 0.2) is 6.20 Å². The maximum absolute atomic E-state index is 10.7. The molecule has 6 nitrogen and oxygen atoms in total. The first-order valence-corrected chi connectivity index (χ1v) is 5.41. The van der Waals surface area contributed by atoms with E-state index < -0.39 is 4.92 Å². The van der Waals surface area contributed by atoms with Crippen molar-refractivity contribution in [2.45, 2.75) is 39.8 Å². The summed E-state index contributed by atoms with van der Waals surface area (Å²) in [5.74, 6) is 0. The largest absolute Gasteiger partial charge is 0.357 e. The van der Waals surface area contributed by atoms with Crippen LogP contribution < -0.4 is 0 Å². The molecule has 1 rings (SSSR count). The minimum Gasteiger partial charge on any atom is -0.357 e. The lowest BCUT2D eigenvalue weighted by molar-refractivity contribution is -0.385. The van der Waals surface area contributed by atoms with Gasteiger partial charge in [0.05, 0.1) is 4.92 Å². The molecular formula is C10H17N3O3. The van der Waals surface area contributed by atoms with Crippen LogP contribution in [0.1, 0.15) is 38.6 Å². The van der Waals surface area contributed by atoms with Gasteiger partial charge in [-0.2, -0.15) is 5.10 Å². The van der Waals surface area contributed by atoms with Gasteiger partial charge in [0.2, 0.25) is 0 Å². The number of nitro groups is 1. The van der Waals surface area contributed by atoms with Crippen molar-refractivity contribution < 1.29 is 9.66 Å². The van der Waals surface area contributed by atoms with Gasteiger partial charge < -0.3 is 4.74 Å². The van der Waals surface area contributed by atoms with Crippen LogP contribution in [0.4, 0.5) is 5.69 Å². The average Bonchev–Trinajstić information content (AvgIpc) is 2.60. The van der Waals surface area contributed by atoms with E-state index in [0.717, 1.165) is 12.8 Å². The zero-order chi connectivity index (χ0) is 12.1. The molecule has 0 aliphatic heterocycles. The van der Waals surface area contributed by atoms with E-state index in [0.29, 0.717) is 12.3 Å². The quantitative estimate of drug-likeness (QED) is 0.552. The number of hydrogen-bond acceptors (Lipinski definition) is 4. The minimum absolute atomic E-state index is 0.0424. The number of rotatable bonds is 6. The average molecular weight is 227 g/mol. The molecule has 0 spiro atoms. The van der Waals surface area contributed by atoms with Gasteiger partial charge in [-0.25, -0.2) is 4.68 Å². The van der Waals surface area contributed by atoms with E-state index in [1.54, 1.807) is 11.6 Å². The summed E-state index contributed by atoms with van der Waals surface area (Å²) >= 11 is 0. The van der Waals surface area contributed by atoms with Crippen molar-refractivity contribution >= 4 is 5.69 Å². The van der Waals surface area contributed by atoms with Gasteiger partial charge in [0.1, 0.15) is 11.9 Å². The van der Waals surface area contributed by atoms with E-state index in [9.17, 15) is 10.1 Å². The van der Waals surface area contributed by atoms with Gasteiger partial charge in [-0.3, -0.25) is 10.1 Å². The van der Waals surface area contributed by atoms with E-state index in [-0.39, 0.29) is 11.9 Å². The number of ether oxygens (including phenoxy) is 1. The first-order valence-electron chi connectivity index (χ1n) is 5.41. The van der Waals surface area contributed by atoms with Gasteiger partial charge in [-0.1, -0.05) is 13.3 Å². The highest BCUT2D eigenvalue weighted by Crippen LogP contribution is 2.23. The molecule has 0 N–H and O–H groups in total. The van der Waals surface area contributed by atoms with Gasteiger partial charge in [0.25, 0.3) is 0 Å². The van der Waals surface area contributed by atoms with E-state index in [2.05, 4.69) is 5.10 Å². The summed E-state index contributed by atoms with van der Waals surface area (Å²) in [5.41, 5.74) is 0.581. The molecule has 0 aromatic carbocycles. The highest BCUT2D eigenvalue weighted by Gasteiger charge is 2.21. The van der Waals surface area contributed by atoms with Crippen molar-refractivity contribution in [2.24, 2.45) is 0 Å². The highest BCUT2D eigenvalue weighted by atomic mass is 16.6. The SMILES string of the molecule is CCCC(OCC)n1ncc([N+](=O)[O-])c1C. The van der Waals surface area contributed by atoms with Crippen molar-refractivity contribution in [3.63, 3.8) is 0 Å². The van der Waals surface area contributed by atoms with E-state index in [1.165, 1.54) is 6.20 Å². The monoisotopic (exact) mass is 227 g/mol. The van der Waals surface area contributed by atoms with Crippen LogP contribution in [-0.2, 0) is 4.74 Å². The van der Waals surface area contributed by atoms with E-state index in [4.69, 9.17) is 4.74 Å². The Bertz CT molecular complexity index is 356. The molecule has 1 atom stereocenters. The van der Waals surface area contributed by atoms with Crippen molar-refractivity contribution in [1.29, 1.82) is 0 Å². The van der Waals surface area contributed by atoms with Crippen LogP contribution in [0.2, 0.25) is 0 Å². The van der Waals surface area contributed by atoms with Crippen molar-refractivity contribution in [3.8, 4) is 0 Å². The number of hydrogen-bond donors (Lipinski definition) is 0. The number of nitrogens with zero attached hydrogens (tertiary/aromatic N) is 3. The molecule has 0 saturated carbocycles. The summed E-state index contributed by atoms with van der Waals surface area (Å²) in [6.07, 6.45) is 2.81. The molecule has 1 heterocycles. The van der Waals surface area contributed by atoms with Gasteiger partial charge in [0.15, 0.2) is 6.23 Å². The molecular weight excluding hydrogens is 210 g/mol. The fraction of sp³-hybridized carbons (Fsp3) is 0.700. The first kappa shape index (κ1) is 12.6. The lowest BCUT2D eigenvalue weighted by Crippen LogP contribution is -2.15. The Morgan fingerprint density at radius 2 is 2.31 bits per heavy atom. The van der Waals surface area contributed by atoms with Gasteiger partial charge >= 0.3 is 5.69 Å². The van der Waals surface area contributed by atoms with E-state index >= 15 is 0 Å². The number of aromatic nitrogens is 2. The summed E-state index contributed by atoms with van der Waals surface area (Å²) in [5, 5.41) is 14.7. The van der Waals surface area contributed by atoms with Gasteiger partial charge in [0, 0.05) is 6.61 Å². The molecule has 1 aromatic rings. The standard InChI is InChI=1S/C10H17N3O3/c1-4-6-10(16-5-2)12-8(3)9(7-11-12)13(14)15/h7,10H,4-6H2,1-3H3. The fourth-order valence-electron chi connectivity index (χ4n) is 1.60. The molecule has 1 unspecified atom stereocenters. The van der Waals surface area contributed by atoms with E-state index in [1.807, 2.05) is 13.8 Å². The molecule has 0 fully saturated rings. The minimum atomic E-state index is -0.423. The lowest BCUT2D eigenvalue weighted by Gasteiger charge is -2.17. The Morgan fingerprint density at radius 3 is 2.75 bits per heavy atom. The maximum atomic E-state index is 10.7. The maximum Gasteiger partial charge on any atom is 0.309 e. The second kappa shape index (κ2) is 5.60. The van der Waals surface area contributed by atoms with Crippen LogP contribution in [0, 0.1) is 17.0 Å². The Hall–Kier alpha value is -1.43. The van der Waals surface area contributed by atoms with Crippen molar-refractivity contribution in [3.05, 3.63) is 22.0 Å². The molecule has 6 heteroatoms. The highest BCUT2D eigenvalue weighted by molar-refractivity contribution is 5.31. The zero-order valence-electron chi connectivity index (χ0n) is 9.84. The molecule has 90 valence electrons. The first-order chi connectivity index (χ1) is 7.61. The predicted octanol–water partition coefficient (Wildman–Crippen LogP) is 2.43. The normalized spacial score (nSPS) is 12.7. The topological polar surface area (TPSA) is 70.2 Å². The summed E-state index contributed by atoms with van der Waals surface area (Å²) in [6, 6.07) is 0. The summed E-state index contributed by atoms with van der Waals surface area (Å²) in [6.45, 7) is 6.19. The summed E-state index contributed by atoms with van der Waals surface area (Å²) in [7, 11) is 0. The third kappa shape index (κ3) is 2.57. The van der Waals surface area contributed by atoms with Crippen molar-refractivity contribution in [2.75, 3.05) is 6.61 Å². The molecule has 0 amide bonds. The van der Waals surface area contributed by atoms with Gasteiger partial charge in [-0.15, -0.1) is 0 Å². The fourth-order valence-corrected chi connectivity index (χ4v) is 1.60. The lowest BCUT2D eigenvalue weighted by atomic mass is 10.3. The molecule has 0 aliphatic carbocycles. The molecule has 1 aromatic heterocycles. The second-order valence-electron chi connectivity index (χ2n) is 3.52. The summed E-state index contributed by atoms with van der Waals surface area (Å²) in [4.78, 5) is 10.3. The van der Waals surface area contributed by atoms with Crippen LogP contribution >= 0.6 is 0 Å². The third-order valence-corrected chi connectivity index (χ3v) is 2.38. The van der Waals surface area contributed by atoms with Gasteiger partial charge in [-0.05, 0) is 20.3 Å².